The first-order valence-electron chi connectivity index (χ1n) is 6.39. The number of ether oxygens (including phenoxy) is 1. The molecule has 0 amide bonds. The number of aromatic nitrogens is 4. The van der Waals surface area contributed by atoms with Crippen LogP contribution in [0.2, 0.25) is 0 Å². The summed E-state index contributed by atoms with van der Waals surface area (Å²) in [5.41, 5.74) is 2.06. The zero-order valence-electron chi connectivity index (χ0n) is 11.6. The molecule has 0 atom stereocenters. The van der Waals surface area contributed by atoms with Crippen molar-refractivity contribution < 1.29 is 4.74 Å². The maximum Gasteiger partial charge on any atom is 0.342 e. The van der Waals surface area contributed by atoms with Gasteiger partial charge in [0.05, 0.1) is 0 Å². The normalized spacial score (nSPS) is 10.7. The first kappa shape index (κ1) is 13.5. The molecule has 0 saturated heterocycles. The molecule has 19 heavy (non-hydrogen) atoms. The molecule has 0 aromatic carbocycles. The van der Waals surface area contributed by atoms with Gasteiger partial charge in [-0.2, -0.15) is 4.98 Å². The van der Waals surface area contributed by atoms with Crippen molar-refractivity contribution >= 4 is 0 Å². The van der Waals surface area contributed by atoms with E-state index in [0.29, 0.717) is 11.9 Å². The summed E-state index contributed by atoms with van der Waals surface area (Å²) in [6.45, 7) is 5.90. The third-order valence-corrected chi connectivity index (χ3v) is 2.52. The van der Waals surface area contributed by atoms with Crippen LogP contribution in [0.15, 0.2) is 18.5 Å². The second-order valence-corrected chi connectivity index (χ2v) is 4.43. The van der Waals surface area contributed by atoms with Gasteiger partial charge >= 0.3 is 6.01 Å². The average Bonchev–Trinajstić information content (AvgIpc) is 2.74. The predicted octanol–water partition coefficient (Wildman–Crippen LogP) is 1.81. The van der Waals surface area contributed by atoms with Crippen LogP contribution in [0.4, 0.5) is 0 Å². The van der Waals surface area contributed by atoms with Crippen LogP contribution in [0.3, 0.4) is 0 Å². The van der Waals surface area contributed by atoms with Crippen LogP contribution in [0.1, 0.15) is 24.6 Å². The molecule has 0 fully saturated rings. The van der Waals surface area contributed by atoms with Gasteiger partial charge in [0.1, 0.15) is 6.33 Å². The topological polar surface area (TPSA) is 64.9 Å². The van der Waals surface area contributed by atoms with Crippen LogP contribution >= 0.6 is 0 Å². The first-order valence-corrected chi connectivity index (χ1v) is 6.39. The Morgan fingerprint density at radius 2 is 2.21 bits per heavy atom. The molecule has 2 aromatic rings. The van der Waals surface area contributed by atoms with Gasteiger partial charge < -0.3 is 10.1 Å². The number of rotatable bonds is 6. The molecular formula is C13H19N5O. The summed E-state index contributed by atoms with van der Waals surface area (Å²) in [4.78, 5) is 8.35. The summed E-state index contributed by atoms with van der Waals surface area (Å²) in [7, 11) is 1.80. The predicted molar refractivity (Wildman–Crippen MR) is 72.0 cm³/mol. The molecule has 6 nitrogen and oxygen atoms in total. The molecule has 102 valence electrons. The van der Waals surface area contributed by atoms with Gasteiger partial charge in [0.2, 0.25) is 5.88 Å². The van der Waals surface area contributed by atoms with E-state index in [1.165, 1.54) is 0 Å². The second kappa shape index (κ2) is 6.29. The highest BCUT2D eigenvalue weighted by atomic mass is 16.5. The summed E-state index contributed by atoms with van der Waals surface area (Å²) in [5, 5.41) is 7.42. The maximum absolute atomic E-state index is 5.55. The quantitative estimate of drug-likeness (QED) is 0.803. The Hall–Kier alpha value is -1.95. The maximum atomic E-state index is 5.55. The van der Waals surface area contributed by atoms with Crippen molar-refractivity contribution in [3.8, 4) is 11.9 Å². The Morgan fingerprint density at radius 3 is 2.89 bits per heavy atom. The summed E-state index contributed by atoms with van der Waals surface area (Å²) in [6.07, 6.45) is 2.71. The van der Waals surface area contributed by atoms with Crippen LogP contribution in [0.5, 0.6) is 11.9 Å². The van der Waals surface area contributed by atoms with E-state index in [2.05, 4.69) is 27.3 Å². The third-order valence-electron chi connectivity index (χ3n) is 2.52. The summed E-state index contributed by atoms with van der Waals surface area (Å²) < 4.78 is 7.14. The Labute approximate surface area is 112 Å². The van der Waals surface area contributed by atoms with Gasteiger partial charge in [-0.15, -0.1) is 5.10 Å². The second-order valence-electron chi connectivity index (χ2n) is 4.43. The van der Waals surface area contributed by atoms with Gasteiger partial charge in [-0.25, -0.2) is 4.98 Å². The summed E-state index contributed by atoms with van der Waals surface area (Å²) in [6, 6.07) is 4.26. The van der Waals surface area contributed by atoms with Gasteiger partial charge in [0.25, 0.3) is 0 Å². The van der Waals surface area contributed by atoms with E-state index < -0.39 is 0 Å². The van der Waals surface area contributed by atoms with E-state index in [1.54, 1.807) is 18.1 Å². The number of nitrogens with zero attached hydrogens (tertiary/aromatic N) is 4. The van der Waals surface area contributed by atoms with Crippen molar-refractivity contribution in [2.24, 2.45) is 7.05 Å². The summed E-state index contributed by atoms with van der Waals surface area (Å²) in [5.74, 6) is 0.527. The van der Waals surface area contributed by atoms with Crippen LogP contribution in [-0.2, 0) is 13.6 Å². The lowest BCUT2D eigenvalue weighted by Gasteiger charge is -2.07. The molecule has 0 unspecified atom stereocenters. The lowest BCUT2D eigenvalue weighted by Crippen LogP contribution is -2.14. The molecular weight excluding hydrogens is 242 g/mol. The number of aryl methyl sites for hydroxylation is 2. The van der Waals surface area contributed by atoms with Crippen LogP contribution in [0, 0.1) is 6.92 Å². The lowest BCUT2D eigenvalue weighted by molar-refractivity contribution is 0.420. The lowest BCUT2D eigenvalue weighted by atomic mass is 10.2. The molecule has 0 aliphatic rings. The fourth-order valence-corrected chi connectivity index (χ4v) is 1.73. The number of nitrogens with one attached hydrogen (secondary N) is 1. The Morgan fingerprint density at radius 1 is 1.37 bits per heavy atom. The number of hydrogen-bond acceptors (Lipinski definition) is 5. The molecule has 0 radical (unpaired) electrons. The van der Waals surface area contributed by atoms with Gasteiger partial charge in [-0.1, -0.05) is 6.92 Å². The average molecular weight is 261 g/mol. The first-order chi connectivity index (χ1) is 9.17. The molecule has 0 spiro atoms. The van der Waals surface area contributed by atoms with Crippen molar-refractivity contribution in [2.45, 2.75) is 26.8 Å². The minimum atomic E-state index is 0.313. The highest BCUT2D eigenvalue weighted by Gasteiger charge is 2.06. The van der Waals surface area contributed by atoms with E-state index in [9.17, 15) is 0 Å². The molecule has 0 aliphatic carbocycles. The van der Waals surface area contributed by atoms with E-state index in [0.717, 1.165) is 30.8 Å². The zero-order valence-corrected chi connectivity index (χ0v) is 11.6. The highest BCUT2D eigenvalue weighted by Crippen LogP contribution is 2.17. The van der Waals surface area contributed by atoms with Crippen LogP contribution in [-0.4, -0.2) is 26.3 Å². The SMILES string of the molecule is CCCNCc1cc(C)nc(Oc2ncn(C)n2)c1. The summed E-state index contributed by atoms with van der Waals surface area (Å²) >= 11 is 0. The largest absolute Gasteiger partial charge is 0.404 e. The molecule has 2 rings (SSSR count). The van der Waals surface area contributed by atoms with Gasteiger partial charge in [-0.3, -0.25) is 4.68 Å². The molecule has 2 heterocycles. The fourth-order valence-electron chi connectivity index (χ4n) is 1.73. The Bertz CT molecular complexity index is 538. The van der Waals surface area contributed by atoms with E-state index >= 15 is 0 Å². The molecule has 1 N–H and O–H groups in total. The fraction of sp³-hybridized carbons (Fsp3) is 0.462. The van der Waals surface area contributed by atoms with Crippen LogP contribution in [0.25, 0.3) is 0 Å². The van der Waals surface area contributed by atoms with Crippen molar-refractivity contribution in [3.63, 3.8) is 0 Å². The third kappa shape index (κ3) is 4.03. The van der Waals surface area contributed by atoms with Gasteiger partial charge in [0.15, 0.2) is 0 Å². The van der Waals surface area contributed by atoms with E-state index in [4.69, 9.17) is 4.74 Å². The Balaban J connectivity index is 2.07. The molecule has 0 bridgehead atoms. The minimum Gasteiger partial charge on any atom is -0.404 e. The van der Waals surface area contributed by atoms with Crippen molar-refractivity contribution in [3.05, 3.63) is 29.7 Å². The minimum absolute atomic E-state index is 0.313. The molecule has 0 saturated carbocycles. The number of hydrogen-bond donors (Lipinski definition) is 1. The van der Waals surface area contributed by atoms with Gasteiger partial charge in [-0.05, 0) is 31.5 Å². The van der Waals surface area contributed by atoms with Crippen molar-refractivity contribution in [2.75, 3.05) is 6.54 Å². The molecule has 6 heteroatoms. The van der Waals surface area contributed by atoms with E-state index in [-0.39, 0.29) is 0 Å². The van der Waals surface area contributed by atoms with E-state index in [1.807, 2.05) is 19.1 Å². The molecule has 0 aliphatic heterocycles. The standard InChI is InChI=1S/C13H19N5O/c1-4-5-14-8-11-6-10(2)16-12(7-11)19-13-15-9-18(3)17-13/h6-7,9,14H,4-5,8H2,1-3H3. The zero-order chi connectivity index (χ0) is 13.7. The Kier molecular flexibility index (Phi) is 4.46. The molecule has 2 aromatic heterocycles. The van der Waals surface area contributed by atoms with Gasteiger partial charge in [0, 0.05) is 25.4 Å². The monoisotopic (exact) mass is 261 g/mol. The van der Waals surface area contributed by atoms with Crippen molar-refractivity contribution in [1.29, 1.82) is 0 Å². The van der Waals surface area contributed by atoms with Crippen LogP contribution < -0.4 is 10.1 Å². The van der Waals surface area contributed by atoms with Crippen molar-refractivity contribution in [1.82, 2.24) is 25.1 Å². The highest BCUT2D eigenvalue weighted by molar-refractivity contribution is 5.26. The smallest absolute Gasteiger partial charge is 0.342 e. The number of pyridine rings is 1.